The lowest BCUT2D eigenvalue weighted by Crippen LogP contribution is -2.28. The lowest BCUT2D eigenvalue weighted by atomic mass is 10.1. The number of hydrogen-bond acceptors (Lipinski definition) is 5. The van der Waals surface area contributed by atoms with Gasteiger partial charge in [-0.1, -0.05) is 12.1 Å². The second kappa shape index (κ2) is 6.95. The first kappa shape index (κ1) is 15.7. The van der Waals surface area contributed by atoms with Crippen LogP contribution in [0.2, 0.25) is 0 Å². The molecule has 0 atom stereocenters. The van der Waals surface area contributed by atoms with Gasteiger partial charge in [-0.05, 0) is 48.5 Å². The van der Waals surface area contributed by atoms with Crippen LogP contribution in [0.1, 0.15) is 25.6 Å². The van der Waals surface area contributed by atoms with Gasteiger partial charge in [0.25, 0.3) is 0 Å². The van der Waals surface area contributed by atoms with Crippen LogP contribution < -0.4 is 10.6 Å². The topological polar surface area (TPSA) is 97.9 Å². The van der Waals surface area contributed by atoms with Crippen molar-refractivity contribution in [2.75, 3.05) is 5.32 Å². The summed E-state index contributed by atoms with van der Waals surface area (Å²) in [5.74, 6) is 1.29. The number of nitrogens with zero attached hydrogens (tertiary/aromatic N) is 4. The van der Waals surface area contributed by atoms with E-state index in [1.165, 1.54) is 0 Å². The maximum absolute atomic E-state index is 12.1. The minimum absolute atomic E-state index is 0.107. The smallest absolute Gasteiger partial charge is 0.319 e. The molecular weight excluding hydrogens is 308 g/mol. The van der Waals surface area contributed by atoms with Crippen LogP contribution in [0.25, 0.3) is 11.4 Å². The predicted octanol–water partition coefficient (Wildman–Crippen LogP) is 2.84. The van der Waals surface area contributed by atoms with E-state index in [1.54, 1.807) is 29.1 Å². The Morgan fingerprint density at radius 3 is 2.83 bits per heavy atom. The highest BCUT2D eigenvalue weighted by Gasteiger charge is 2.16. The molecular formula is C16H18N6O2. The fourth-order valence-corrected chi connectivity index (χ4v) is 2.25. The molecule has 0 saturated heterocycles. The quantitative estimate of drug-likeness (QED) is 0.751. The first-order valence-corrected chi connectivity index (χ1v) is 7.59. The molecule has 8 nitrogen and oxygen atoms in total. The van der Waals surface area contributed by atoms with E-state index in [1.807, 2.05) is 32.0 Å². The highest BCUT2D eigenvalue weighted by Crippen LogP contribution is 2.27. The number of urea groups is 1. The summed E-state index contributed by atoms with van der Waals surface area (Å²) in [5.41, 5.74) is 1.38. The van der Waals surface area contributed by atoms with Gasteiger partial charge in [-0.15, -0.1) is 5.10 Å². The zero-order valence-corrected chi connectivity index (χ0v) is 13.4. The Hall–Kier alpha value is -3.16. The molecule has 3 rings (SSSR count). The second-order valence-electron chi connectivity index (χ2n) is 5.47. The van der Waals surface area contributed by atoms with Crippen molar-refractivity contribution in [1.82, 2.24) is 25.5 Å². The van der Waals surface area contributed by atoms with E-state index in [2.05, 4.69) is 26.2 Å². The maximum Gasteiger partial charge on any atom is 0.319 e. The largest absolute Gasteiger partial charge is 0.467 e. The van der Waals surface area contributed by atoms with Gasteiger partial charge in [0.05, 0.1) is 24.5 Å². The summed E-state index contributed by atoms with van der Waals surface area (Å²) in [6.45, 7) is 4.29. The monoisotopic (exact) mass is 326 g/mol. The molecule has 0 bridgehead atoms. The van der Waals surface area contributed by atoms with Crippen LogP contribution >= 0.6 is 0 Å². The fraction of sp³-hybridized carbons (Fsp3) is 0.250. The molecule has 0 saturated carbocycles. The Labute approximate surface area is 138 Å². The van der Waals surface area contributed by atoms with Gasteiger partial charge in [-0.25, -0.2) is 9.48 Å². The number of para-hydroxylation sites is 1. The number of benzene rings is 1. The van der Waals surface area contributed by atoms with Crippen molar-refractivity contribution in [2.24, 2.45) is 0 Å². The molecule has 0 aliphatic rings. The minimum atomic E-state index is -0.331. The number of furan rings is 1. The van der Waals surface area contributed by atoms with Crippen molar-refractivity contribution >= 4 is 11.7 Å². The Morgan fingerprint density at radius 2 is 2.08 bits per heavy atom. The summed E-state index contributed by atoms with van der Waals surface area (Å²) < 4.78 is 6.90. The third-order valence-corrected chi connectivity index (χ3v) is 3.40. The van der Waals surface area contributed by atoms with Crippen molar-refractivity contribution < 1.29 is 9.21 Å². The SMILES string of the molecule is CC(C)n1nnnc1-c1ccccc1NC(=O)NCc1ccco1. The van der Waals surface area contributed by atoms with Gasteiger partial charge < -0.3 is 15.1 Å². The summed E-state index contributed by atoms with van der Waals surface area (Å²) in [6.07, 6.45) is 1.57. The molecule has 2 N–H and O–H groups in total. The lowest BCUT2D eigenvalue weighted by molar-refractivity contribution is 0.251. The molecule has 8 heteroatoms. The number of nitrogens with one attached hydrogen (secondary N) is 2. The molecule has 2 heterocycles. The number of tetrazole rings is 1. The first-order valence-electron chi connectivity index (χ1n) is 7.59. The number of anilines is 1. The molecule has 2 amide bonds. The normalized spacial score (nSPS) is 10.8. The molecule has 124 valence electrons. The van der Waals surface area contributed by atoms with Crippen LogP contribution in [0, 0.1) is 0 Å². The zero-order valence-electron chi connectivity index (χ0n) is 13.4. The predicted molar refractivity (Wildman–Crippen MR) is 88.2 cm³/mol. The zero-order chi connectivity index (χ0) is 16.9. The van der Waals surface area contributed by atoms with E-state index in [4.69, 9.17) is 4.42 Å². The standard InChI is InChI=1S/C16H18N6O2/c1-11(2)22-15(19-20-21-22)13-7-3-4-8-14(13)18-16(23)17-10-12-6-5-9-24-12/h3-9,11H,10H2,1-2H3,(H2,17,18,23). The number of aromatic nitrogens is 4. The van der Waals surface area contributed by atoms with Gasteiger partial charge in [0, 0.05) is 5.56 Å². The highest BCUT2D eigenvalue weighted by molar-refractivity contribution is 5.93. The molecule has 2 aromatic heterocycles. The summed E-state index contributed by atoms with van der Waals surface area (Å²) >= 11 is 0. The summed E-state index contributed by atoms with van der Waals surface area (Å²) in [6, 6.07) is 10.7. The van der Waals surface area contributed by atoms with Crippen LogP contribution in [0.4, 0.5) is 10.5 Å². The lowest BCUT2D eigenvalue weighted by Gasteiger charge is -2.13. The highest BCUT2D eigenvalue weighted by atomic mass is 16.3. The molecule has 1 aromatic carbocycles. The molecule has 0 unspecified atom stereocenters. The van der Waals surface area contributed by atoms with Crippen molar-refractivity contribution in [3.8, 4) is 11.4 Å². The van der Waals surface area contributed by atoms with Crippen LogP contribution in [-0.4, -0.2) is 26.2 Å². The van der Waals surface area contributed by atoms with E-state index in [0.29, 0.717) is 23.8 Å². The van der Waals surface area contributed by atoms with Crippen molar-refractivity contribution in [3.05, 3.63) is 48.4 Å². The number of carbonyl (C=O) groups is 1. The average Bonchev–Trinajstić information content (AvgIpc) is 3.25. The Kier molecular flexibility index (Phi) is 4.55. The number of hydrogen-bond donors (Lipinski definition) is 2. The van der Waals surface area contributed by atoms with Crippen LogP contribution in [0.5, 0.6) is 0 Å². The van der Waals surface area contributed by atoms with Gasteiger partial charge in [0.1, 0.15) is 5.76 Å². The molecule has 24 heavy (non-hydrogen) atoms. The summed E-state index contributed by atoms with van der Waals surface area (Å²) in [5, 5.41) is 17.4. The maximum atomic E-state index is 12.1. The molecule has 0 fully saturated rings. The third-order valence-electron chi connectivity index (χ3n) is 3.40. The Bertz CT molecular complexity index is 810. The van der Waals surface area contributed by atoms with Crippen molar-refractivity contribution in [2.45, 2.75) is 26.4 Å². The Morgan fingerprint density at radius 1 is 1.25 bits per heavy atom. The van der Waals surface area contributed by atoms with Crippen LogP contribution in [-0.2, 0) is 6.54 Å². The van der Waals surface area contributed by atoms with Crippen molar-refractivity contribution in [1.29, 1.82) is 0 Å². The van der Waals surface area contributed by atoms with Gasteiger partial charge in [0.2, 0.25) is 0 Å². The summed E-state index contributed by atoms with van der Waals surface area (Å²) in [7, 11) is 0. The molecule has 3 aromatic rings. The molecule has 0 aliphatic heterocycles. The summed E-state index contributed by atoms with van der Waals surface area (Å²) in [4.78, 5) is 12.1. The first-order chi connectivity index (χ1) is 11.6. The van der Waals surface area contributed by atoms with Gasteiger partial charge in [0.15, 0.2) is 5.82 Å². The van der Waals surface area contributed by atoms with E-state index in [9.17, 15) is 4.79 Å². The van der Waals surface area contributed by atoms with E-state index >= 15 is 0 Å². The Balaban J connectivity index is 1.76. The minimum Gasteiger partial charge on any atom is -0.467 e. The van der Waals surface area contributed by atoms with E-state index in [-0.39, 0.29) is 12.1 Å². The third kappa shape index (κ3) is 3.43. The number of amides is 2. The molecule has 0 radical (unpaired) electrons. The van der Waals surface area contributed by atoms with Gasteiger partial charge in [-0.3, -0.25) is 0 Å². The average molecular weight is 326 g/mol. The molecule has 0 spiro atoms. The van der Waals surface area contributed by atoms with Crippen LogP contribution in [0.3, 0.4) is 0 Å². The van der Waals surface area contributed by atoms with E-state index in [0.717, 1.165) is 5.56 Å². The van der Waals surface area contributed by atoms with Crippen LogP contribution in [0.15, 0.2) is 47.1 Å². The second-order valence-corrected chi connectivity index (χ2v) is 5.47. The number of rotatable bonds is 5. The van der Waals surface area contributed by atoms with Crippen molar-refractivity contribution in [3.63, 3.8) is 0 Å². The fourth-order valence-electron chi connectivity index (χ4n) is 2.25. The van der Waals surface area contributed by atoms with Gasteiger partial charge in [-0.2, -0.15) is 0 Å². The van der Waals surface area contributed by atoms with E-state index < -0.39 is 0 Å². The number of carbonyl (C=O) groups excluding carboxylic acids is 1. The molecule has 0 aliphatic carbocycles. The van der Waals surface area contributed by atoms with Gasteiger partial charge >= 0.3 is 6.03 Å².